The van der Waals surface area contributed by atoms with Crippen LogP contribution in [0.3, 0.4) is 0 Å². The first-order valence-electron chi connectivity index (χ1n) is 9.75. The van der Waals surface area contributed by atoms with Gasteiger partial charge in [-0.25, -0.2) is 9.55 Å². The number of hydrogen-bond acceptors (Lipinski definition) is 13. The summed E-state index contributed by atoms with van der Waals surface area (Å²) in [6.45, 7) is -0.781. The van der Waals surface area contributed by atoms with Gasteiger partial charge in [0.2, 0.25) is 17.4 Å². The summed E-state index contributed by atoms with van der Waals surface area (Å²) in [7, 11) is -4.90. The van der Waals surface area contributed by atoms with Crippen molar-refractivity contribution in [2.75, 3.05) is 11.9 Å². The molecule has 19 heteroatoms. The van der Waals surface area contributed by atoms with Gasteiger partial charge in [0.25, 0.3) is 11.5 Å². The van der Waals surface area contributed by atoms with Gasteiger partial charge in [-0.15, -0.1) is 0 Å². The van der Waals surface area contributed by atoms with E-state index in [4.69, 9.17) is 14.5 Å². The topological polar surface area (TPSA) is 290 Å². The number of aromatic nitrogens is 4. The van der Waals surface area contributed by atoms with Crippen molar-refractivity contribution >= 4 is 30.8 Å². The fourth-order valence-electron chi connectivity index (χ4n) is 3.42. The second kappa shape index (κ2) is 9.03. The highest BCUT2D eigenvalue weighted by Gasteiger charge is 2.45. The van der Waals surface area contributed by atoms with E-state index in [0.717, 1.165) is 10.9 Å². The van der Waals surface area contributed by atoms with Crippen molar-refractivity contribution in [1.29, 1.82) is 0 Å². The molecule has 2 aromatic heterocycles. The number of anilines is 1. The number of fused-ring (bicyclic) bond motifs is 1. The zero-order chi connectivity index (χ0) is 26.5. The molecule has 1 amide bonds. The van der Waals surface area contributed by atoms with E-state index in [9.17, 15) is 44.8 Å². The molecule has 3 heterocycles. The normalized spacial score (nSPS) is 22.2. The molecule has 1 aromatic carbocycles. The Kier molecular flexibility index (Phi) is 6.35. The second-order valence-electron chi connectivity index (χ2n) is 7.51. The summed E-state index contributed by atoms with van der Waals surface area (Å²) in [6.07, 6.45) is -5.13. The number of phenolic OH excluding ortho intramolecular Hbond substituents is 4. The van der Waals surface area contributed by atoms with Gasteiger partial charge < -0.3 is 45.2 Å². The van der Waals surface area contributed by atoms with E-state index >= 15 is 0 Å². The molecule has 4 rings (SSSR count). The molecule has 1 aliphatic heterocycles. The molecule has 36 heavy (non-hydrogen) atoms. The van der Waals surface area contributed by atoms with E-state index in [0.29, 0.717) is 6.07 Å². The zero-order valence-corrected chi connectivity index (χ0v) is 18.5. The predicted octanol–water partition coefficient (Wildman–Crippen LogP) is -2.08. The molecule has 1 aliphatic rings. The summed E-state index contributed by atoms with van der Waals surface area (Å²) in [6, 6.07) is 0.643. The fourth-order valence-corrected chi connectivity index (χ4v) is 3.76. The lowest BCUT2D eigenvalue weighted by molar-refractivity contribution is -0.0503. The first-order valence-corrected chi connectivity index (χ1v) is 11.3. The van der Waals surface area contributed by atoms with E-state index in [1.165, 1.54) is 0 Å². The number of aromatic hydroxyl groups is 4. The zero-order valence-electron chi connectivity index (χ0n) is 17.6. The molecular weight excluding hydrogens is 513 g/mol. The monoisotopic (exact) mass is 531 g/mol. The average molecular weight is 531 g/mol. The van der Waals surface area contributed by atoms with E-state index in [1.807, 2.05) is 0 Å². The fraction of sp³-hybridized carbons (Fsp3) is 0.294. The third-order valence-corrected chi connectivity index (χ3v) is 5.64. The lowest BCUT2D eigenvalue weighted by atomic mass is 10.1. The Hall–Kier alpha value is -3.77. The maximum absolute atomic E-state index is 12.5. The van der Waals surface area contributed by atoms with Gasteiger partial charge in [0.1, 0.15) is 18.3 Å². The number of aromatic amines is 1. The number of H-pyrrole nitrogens is 1. The van der Waals surface area contributed by atoms with Crippen LogP contribution >= 0.6 is 7.82 Å². The van der Waals surface area contributed by atoms with Crippen LogP contribution < -0.4 is 10.9 Å². The Morgan fingerprint density at radius 3 is 2.53 bits per heavy atom. The highest BCUT2D eigenvalue weighted by Crippen LogP contribution is 2.44. The van der Waals surface area contributed by atoms with Crippen molar-refractivity contribution < 1.29 is 59.0 Å². The molecule has 194 valence electrons. The van der Waals surface area contributed by atoms with Crippen molar-refractivity contribution in [3.05, 3.63) is 28.3 Å². The molecule has 4 atom stereocenters. The lowest BCUT2D eigenvalue weighted by Gasteiger charge is -2.16. The first kappa shape index (κ1) is 25.3. The van der Waals surface area contributed by atoms with Crippen LogP contribution in [-0.2, 0) is 13.8 Å². The highest BCUT2D eigenvalue weighted by molar-refractivity contribution is 7.46. The molecule has 10 N–H and O–H groups in total. The number of hydrogen-bond donors (Lipinski definition) is 10. The van der Waals surface area contributed by atoms with Gasteiger partial charge in [-0.3, -0.25) is 29.0 Å². The summed E-state index contributed by atoms with van der Waals surface area (Å²) in [5, 5.41) is 61.2. The Morgan fingerprint density at radius 1 is 1.17 bits per heavy atom. The van der Waals surface area contributed by atoms with Crippen LogP contribution in [0.25, 0.3) is 11.2 Å². The summed E-state index contributed by atoms with van der Waals surface area (Å²) < 4.78 is 21.7. The van der Waals surface area contributed by atoms with Crippen LogP contribution in [0.15, 0.2) is 17.2 Å². The van der Waals surface area contributed by atoms with E-state index < -0.39 is 84.9 Å². The number of aliphatic hydroxyl groups excluding tert-OH is 2. The molecule has 18 nitrogen and oxygen atoms in total. The molecule has 0 bridgehead atoms. The number of imidazole rings is 1. The molecule has 0 aliphatic carbocycles. The van der Waals surface area contributed by atoms with E-state index in [-0.39, 0.29) is 11.2 Å². The van der Waals surface area contributed by atoms with Gasteiger partial charge in [0.15, 0.2) is 28.9 Å². The molecule has 0 radical (unpaired) electrons. The quantitative estimate of drug-likeness (QED) is 0.0927. The van der Waals surface area contributed by atoms with E-state index in [2.05, 4.69) is 24.8 Å². The third kappa shape index (κ3) is 4.56. The Labute approximate surface area is 197 Å². The van der Waals surface area contributed by atoms with Gasteiger partial charge in [-0.2, -0.15) is 4.98 Å². The number of carbonyl (C=O) groups excluding carboxylic acids is 1. The molecule has 0 spiro atoms. The molecular formula is C17H18N5O13P. The summed E-state index contributed by atoms with van der Waals surface area (Å²) in [5.41, 5.74) is -2.10. The molecule has 1 fully saturated rings. The first-order chi connectivity index (χ1) is 16.8. The minimum atomic E-state index is -4.90. The summed E-state index contributed by atoms with van der Waals surface area (Å²) in [4.78, 5) is 52.7. The van der Waals surface area contributed by atoms with Crippen molar-refractivity contribution in [3.8, 4) is 23.0 Å². The summed E-state index contributed by atoms with van der Waals surface area (Å²) in [5.74, 6) is -5.92. The van der Waals surface area contributed by atoms with Gasteiger partial charge in [-0.1, -0.05) is 0 Å². The number of nitrogens with zero attached hydrogens (tertiary/aromatic N) is 3. The number of rotatable bonds is 6. The van der Waals surface area contributed by atoms with Crippen molar-refractivity contribution in [2.45, 2.75) is 24.5 Å². The maximum atomic E-state index is 12.5. The van der Waals surface area contributed by atoms with Crippen LogP contribution in [-0.4, -0.2) is 90.8 Å². The van der Waals surface area contributed by atoms with Gasteiger partial charge in [0, 0.05) is 6.07 Å². The van der Waals surface area contributed by atoms with Crippen molar-refractivity contribution in [3.63, 3.8) is 0 Å². The minimum absolute atomic E-state index is 0.262. The van der Waals surface area contributed by atoms with Gasteiger partial charge >= 0.3 is 7.82 Å². The van der Waals surface area contributed by atoms with E-state index in [1.54, 1.807) is 0 Å². The van der Waals surface area contributed by atoms with Gasteiger partial charge in [-0.05, 0) is 0 Å². The molecule has 1 saturated heterocycles. The number of nitrogens with one attached hydrogen (secondary N) is 2. The number of phosphoric acid groups is 1. The highest BCUT2D eigenvalue weighted by atomic mass is 31.2. The van der Waals surface area contributed by atoms with Crippen LogP contribution in [0.4, 0.5) is 5.95 Å². The number of aliphatic hydroxyl groups is 2. The minimum Gasteiger partial charge on any atom is -0.504 e. The smallest absolute Gasteiger partial charge is 0.469 e. The SMILES string of the molecule is O=C(Nc1nc2c(ncn2[C@@H]2O[C@H](COP(=O)(O)O)[C@@H](O)[C@H]2O)c(=O)[nH]1)c1cc(O)c(O)c(O)c1O. The average Bonchev–Trinajstić information content (AvgIpc) is 3.34. The Morgan fingerprint density at radius 2 is 1.86 bits per heavy atom. The Bertz CT molecular complexity index is 1450. The lowest BCUT2D eigenvalue weighted by Crippen LogP contribution is -2.33. The molecule has 0 unspecified atom stereocenters. The van der Waals surface area contributed by atoms with Crippen molar-refractivity contribution in [1.82, 2.24) is 19.5 Å². The second-order valence-corrected chi connectivity index (χ2v) is 8.75. The number of phenols is 4. The van der Waals surface area contributed by atoms with Gasteiger partial charge in [0.05, 0.1) is 18.5 Å². The largest absolute Gasteiger partial charge is 0.504 e. The third-order valence-electron chi connectivity index (χ3n) is 5.15. The predicted molar refractivity (Wildman–Crippen MR) is 113 cm³/mol. The number of amides is 1. The van der Waals surface area contributed by atoms with Crippen molar-refractivity contribution in [2.24, 2.45) is 0 Å². The number of ether oxygens (including phenoxy) is 1. The molecule has 3 aromatic rings. The standard InChI is InChI=1S/C17H18N5O13P/c23-5-1-4(8(24)11(27)9(5)25)14(29)20-17-19-13-7(15(30)21-17)18-3-22(13)16-12(28)10(26)6(35-16)2-34-36(31,32)33/h1,3,6,10,12,16,23-28H,2H2,(H2,31,32,33)(H2,19,20,21,29,30)/t6-,10-,12-,16-/m1/s1. The van der Waals surface area contributed by atoms with Crippen LogP contribution in [0.1, 0.15) is 16.6 Å². The van der Waals surface area contributed by atoms with Crippen LogP contribution in [0.5, 0.6) is 23.0 Å². The summed E-state index contributed by atoms with van der Waals surface area (Å²) >= 11 is 0. The maximum Gasteiger partial charge on any atom is 0.469 e. The number of benzene rings is 1. The number of carbonyl (C=O) groups is 1. The van der Waals surface area contributed by atoms with Crippen LogP contribution in [0, 0.1) is 0 Å². The Balaban J connectivity index is 1.64. The van der Waals surface area contributed by atoms with Crippen LogP contribution in [0.2, 0.25) is 0 Å². The molecule has 0 saturated carbocycles. The number of phosphoric ester groups is 1.